The molecule has 0 N–H and O–H groups in total. The number of unbranched alkanes of at least 4 members (excludes halogenated alkanes) is 2. The number of benzene rings is 2. The summed E-state index contributed by atoms with van der Waals surface area (Å²) >= 11 is 0. The number of nitrogens with zero attached hydrogens (tertiary/aromatic N) is 1. The molecule has 0 aliphatic heterocycles. The summed E-state index contributed by atoms with van der Waals surface area (Å²) in [7, 11) is 1.66. The lowest BCUT2D eigenvalue weighted by Crippen LogP contribution is -2.36. The van der Waals surface area contributed by atoms with E-state index in [2.05, 4.69) is 20.8 Å². The molecule has 0 radical (unpaired) electrons. The van der Waals surface area contributed by atoms with Gasteiger partial charge in [-0.25, -0.2) is 0 Å². The zero-order valence-electron chi connectivity index (χ0n) is 19.7. The lowest BCUT2D eigenvalue weighted by molar-refractivity contribution is -0.136. The second kappa shape index (κ2) is 13.7. The zero-order chi connectivity index (χ0) is 22.5. The van der Waals surface area contributed by atoms with E-state index in [1.54, 1.807) is 7.11 Å². The van der Waals surface area contributed by atoms with Crippen molar-refractivity contribution >= 4 is 5.91 Å². The van der Waals surface area contributed by atoms with Gasteiger partial charge < -0.3 is 14.4 Å². The van der Waals surface area contributed by atoms with Crippen molar-refractivity contribution in [3.05, 3.63) is 59.7 Å². The van der Waals surface area contributed by atoms with E-state index in [-0.39, 0.29) is 11.8 Å². The topological polar surface area (TPSA) is 38.8 Å². The summed E-state index contributed by atoms with van der Waals surface area (Å²) in [5.41, 5.74) is 2.18. The third-order valence-electron chi connectivity index (χ3n) is 5.68. The van der Waals surface area contributed by atoms with Crippen LogP contribution in [0.3, 0.4) is 0 Å². The molecule has 1 unspecified atom stereocenters. The fourth-order valence-corrected chi connectivity index (χ4v) is 3.71. The van der Waals surface area contributed by atoms with Gasteiger partial charge in [0.25, 0.3) is 0 Å². The summed E-state index contributed by atoms with van der Waals surface area (Å²) in [5.74, 6) is 1.82. The van der Waals surface area contributed by atoms with E-state index < -0.39 is 0 Å². The monoisotopic (exact) mass is 425 g/mol. The fourth-order valence-electron chi connectivity index (χ4n) is 3.71. The van der Waals surface area contributed by atoms with E-state index in [9.17, 15) is 4.79 Å². The van der Waals surface area contributed by atoms with Gasteiger partial charge in [0.2, 0.25) is 5.91 Å². The number of hydrogen-bond acceptors (Lipinski definition) is 3. The Bertz CT molecular complexity index is 775. The molecule has 2 rings (SSSR count). The van der Waals surface area contributed by atoms with E-state index in [0.717, 1.165) is 61.9 Å². The van der Waals surface area contributed by atoms with Crippen LogP contribution < -0.4 is 9.47 Å². The fraction of sp³-hybridized carbons (Fsp3) is 0.519. The highest BCUT2D eigenvalue weighted by atomic mass is 16.5. The zero-order valence-corrected chi connectivity index (χ0v) is 19.7. The number of hydrogen-bond donors (Lipinski definition) is 0. The molecule has 0 aliphatic rings. The number of rotatable bonds is 14. The van der Waals surface area contributed by atoms with E-state index in [1.807, 2.05) is 53.4 Å². The summed E-state index contributed by atoms with van der Waals surface area (Å²) in [6, 6.07) is 16.1. The molecule has 2 aromatic rings. The van der Waals surface area contributed by atoms with Crippen LogP contribution in [-0.4, -0.2) is 24.5 Å². The van der Waals surface area contributed by atoms with E-state index >= 15 is 0 Å². The van der Waals surface area contributed by atoms with E-state index in [4.69, 9.17) is 9.47 Å². The lowest BCUT2D eigenvalue weighted by atomic mass is 9.97. The summed E-state index contributed by atoms with van der Waals surface area (Å²) in [4.78, 5) is 15.3. The molecule has 31 heavy (non-hydrogen) atoms. The minimum absolute atomic E-state index is 0.118. The molecular formula is C27H39NO3. The van der Waals surface area contributed by atoms with Crippen LogP contribution in [0.4, 0.5) is 0 Å². The first-order valence-corrected chi connectivity index (χ1v) is 11.7. The van der Waals surface area contributed by atoms with Crippen LogP contribution in [-0.2, 0) is 17.9 Å². The second-order valence-electron chi connectivity index (χ2n) is 8.12. The molecular weight excluding hydrogens is 386 g/mol. The van der Waals surface area contributed by atoms with Gasteiger partial charge in [-0.1, -0.05) is 76.4 Å². The molecule has 0 fully saturated rings. The number of amides is 1. The minimum Gasteiger partial charge on any atom is -0.493 e. The molecule has 1 amide bonds. The average Bonchev–Trinajstić information content (AvgIpc) is 2.81. The molecule has 0 saturated heterocycles. The van der Waals surface area contributed by atoms with Gasteiger partial charge in [-0.2, -0.15) is 0 Å². The maximum atomic E-state index is 13.2. The average molecular weight is 426 g/mol. The van der Waals surface area contributed by atoms with E-state index in [0.29, 0.717) is 18.9 Å². The van der Waals surface area contributed by atoms with Crippen molar-refractivity contribution in [2.75, 3.05) is 13.7 Å². The quantitative estimate of drug-likeness (QED) is 0.341. The smallest absolute Gasteiger partial charge is 0.225 e. The standard InChI is InChI=1S/C27H39NO3/c1-5-8-15-24(7-3)27(29)28(18-9-6-2)20-23-16-17-25(26(19-23)30-4)31-21-22-13-11-10-12-14-22/h10-14,16-17,19,24H,5-9,15,18,20-21H2,1-4H3. The Morgan fingerprint density at radius 2 is 1.68 bits per heavy atom. The maximum absolute atomic E-state index is 13.2. The second-order valence-corrected chi connectivity index (χ2v) is 8.12. The summed E-state index contributed by atoms with van der Waals surface area (Å²) in [6.45, 7) is 8.37. The van der Waals surface area contributed by atoms with Crippen molar-refractivity contribution < 1.29 is 14.3 Å². The van der Waals surface area contributed by atoms with Gasteiger partial charge in [-0.3, -0.25) is 4.79 Å². The summed E-state index contributed by atoms with van der Waals surface area (Å²) < 4.78 is 11.6. The molecule has 2 aromatic carbocycles. The van der Waals surface area contributed by atoms with Gasteiger partial charge in [0.15, 0.2) is 11.5 Å². The SMILES string of the molecule is CCCCC(CC)C(=O)N(CCCC)Cc1ccc(OCc2ccccc2)c(OC)c1. The third kappa shape index (κ3) is 7.93. The van der Waals surface area contributed by atoms with Crippen LogP contribution in [0.15, 0.2) is 48.5 Å². The van der Waals surface area contributed by atoms with Crippen molar-refractivity contribution in [2.24, 2.45) is 5.92 Å². The van der Waals surface area contributed by atoms with Gasteiger partial charge in [0, 0.05) is 19.0 Å². The van der Waals surface area contributed by atoms with Crippen LogP contribution in [0.2, 0.25) is 0 Å². The molecule has 0 bridgehead atoms. The van der Waals surface area contributed by atoms with Gasteiger partial charge in [-0.05, 0) is 42.5 Å². The molecule has 0 aliphatic carbocycles. The van der Waals surface area contributed by atoms with Gasteiger partial charge in [0.1, 0.15) is 6.61 Å². The number of carbonyl (C=O) groups excluding carboxylic acids is 1. The Morgan fingerprint density at radius 3 is 2.32 bits per heavy atom. The van der Waals surface area contributed by atoms with Gasteiger partial charge >= 0.3 is 0 Å². The van der Waals surface area contributed by atoms with Gasteiger partial charge in [-0.15, -0.1) is 0 Å². The Kier molecular flexibility index (Phi) is 11.0. The predicted molar refractivity (Wildman–Crippen MR) is 127 cm³/mol. The molecule has 0 heterocycles. The molecule has 0 saturated carbocycles. The van der Waals surface area contributed by atoms with Crippen molar-refractivity contribution in [3.63, 3.8) is 0 Å². The molecule has 170 valence electrons. The van der Waals surface area contributed by atoms with Crippen LogP contribution in [0.5, 0.6) is 11.5 Å². The van der Waals surface area contributed by atoms with E-state index in [1.165, 1.54) is 0 Å². The Labute approximate surface area is 188 Å². The molecule has 4 heteroatoms. The van der Waals surface area contributed by atoms with Crippen molar-refractivity contribution in [2.45, 2.75) is 72.4 Å². The van der Waals surface area contributed by atoms with Gasteiger partial charge in [0.05, 0.1) is 7.11 Å². The highest BCUT2D eigenvalue weighted by Gasteiger charge is 2.22. The maximum Gasteiger partial charge on any atom is 0.225 e. The first-order valence-electron chi connectivity index (χ1n) is 11.7. The minimum atomic E-state index is 0.118. The van der Waals surface area contributed by atoms with Crippen molar-refractivity contribution in [1.82, 2.24) is 4.90 Å². The summed E-state index contributed by atoms with van der Waals surface area (Å²) in [5, 5.41) is 0. The van der Waals surface area contributed by atoms with Crippen LogP contribution in [0, 0.1) is 5.92 Å². The lowest BCUT2D eigenvalue weighted by Gasteiger charge is -2.27. The Morgan fingerprint density at radius 1 is 0.935 bits per heavy atom. The highest BCUT2D eigenvalue weighted by molar-refractivity contribution is 5.78. The number of methoxy groups -OCH3 is 1. The third-order valence-corrected chi connectivity index (χ3v) is 5.68. The first kappa shape index (κ1) is 24.8. The molecule has 4 nitrogen and oxygen atoms in total. The first-order chi connectivity index (χ1) is 15.1. The Hall–Kier alpha value is -2.49. The highest BCUT2D eigenvalue weighted by Crippen LogP contribution is 2.30. The predicted octanol–water partition coefficient (Wildman–Crippen LogP) is 6.62. The van der Waals surface area contributed by atoms with Crippen LogP contribution >= 0.6 is 0 Å². The molecule has 0 aromatic heterocycles. The Balaban J connectivity index is 2.11. The summed E-state index contributed by atoms with van der Waals surface area (Å²) in [6.07, 6.45) is 6.20. The van der Waals surface area contributed by atoms with Crippen LogP contribution in [0.25, 0.3) is 0 Å². The van der Waals surface area contributed by atoms with Crippen molar-refractivity contribution in [3.8, 4) is 11.5 Å². The number of carbonyl (C=O) groups is 1. The van der Waals surface area contributed by atoms with Crippen molar-refractivity contribution in [1.29, 1.82) is 0 Å². The van der Waals surface area contributed by atoms with Crippen LogP contribution in [0.1, 0.15) is 70.4 Å². The molecule has 1 atom stereocenters. The largest absolute Gasteiger partial charge is 0.493 e. The molecule has 0 spiro atoms. The number of ether oxygens (including phenoxy) is 2. The normalized spacial score (nSPS) is 11.7.